The minimum Gasteiger partial charge on any atom is -0.462 e. The van der Waals surface area contributed by atoms with Crippen LogP contribution in [0.2, 0.25) is 0 Å². The Morgan fingerprint density at radius 3 is 2.12 bits per heavy atom. The van der Waals surface area contributed by atoms with E-state index in [0.717, 1.165) is 30.5 Å². The monoisotopic (exact) mass is 508 g/mol. The van der Waals surface area contributed by atoms with Gasteiger partial charge in [-0.3, -0.25) is 0 Å². The van der Waals surface area contributed by atoms with Crippen LogP contribution < -0.4 is 0 Å². The van der Waals surface area contributed by atoms with Crippen LogP contribution in [0.25, 0.3) is 10.1 Å². The van der Waals surface area contributed by atoms with Crippen LogP contribution in [0, 0.1) is 0 Å². The van der Waals surface area contributed by atoms with E-state index in [9.17, 15) is 4.79 Å². The van der Waals surface area contributed by atoms with Crippen molar-refractivity contribution in [3.05, 3.63) is 18.5 Å². The lowest BCUT2D eigenvalue weighted by Gasteiger charge is -2.04. The van der Waals surface area contributed by atoms with Gasteiger partial charge in [-0.25, -0.2) is 4.79 Å². The zero-order chi connectivity index (χ0) is 18.1. The van der Waals surface area contributed by atoms with Crippen molar-refractivity contribution in [3.63, 3.8) is 0 Å². The van der Waals surface area contributed by atoms with Gasteiger partial charge in [0.05, 0.1) is 18.9 Å². The molecule has 25 heavy (non-hydrogen) atoms. The molecule has 0 aliphatic heterocycles. The van der Waals surface area contributed by atoms with Gasteiger partial charge >= 0.3 is 5.97 Å². The summed E-state index contributed by atoms with van der Waals surface area (Å²) in [5.41, 5.74) is 0. The van der Waals surface area contributed by atoms with Crippen LogP contribution in [0.1, 0.15) is 80.8 Å². The first-order valence-electron chi connectivity index (χ1n) is 9.18. The summed E-state index contributed by atoms with van der Waals surface area (Å²) in [5, 5.41) is 1.09. The van der Waals surface area contributed by atoms with Crippen LogP contribution >= 0.6 is 54.5 Å². The molecule has 0 fully saturated rings. The Bertz CT molecular complexity index is 629. The standard InChI is InChI=1S/C19H26Br2O2S2/c1-2-3-4-5-6-7-8-9-10-11-12-23-19(22)15-13-14-16(24-15)18(21)25-17(14)20/h13H,2-12H2,1H3. The zero-order valence-electron chi connectivity index (χ0n) is 14.7. The second-order valence-electron chi connectivity index (χ2n) is 6.32. The molecular weight excluding hydrogens is 484 g/mol. The molecule has 0 atom stereocenters. The van der Waals surface area contributed by atoms with Gasteiger partial charge < -0.3 is 4.74 Å². The summed E-state index contributed by atoms with van der Waals surface area (Å²) in [5.74, 6) is -0.194. The highest BCUT2D eigenvalue weighted by atomic mass is 79.9. The van der Waals surface area contributed by atoms with E-state index in [1.807, 2.05) is 6.07 Å². The van der Waals surface area contributed by atoms with Gasteiger partial charge in [0.15, 0.2) is 0 Å². The maximum Gasteiger partial charge on any atom is 0.348 e. The number of fused-ring (bicyclic) bond motifs is 1. The van der Waals surface area contributed by atoms with Crippen molar-refractivity contribution in [2.24, 2.45) is 0 Å². The molecule has 2 nitrogen and oxygen atoms in total. The van der Waals surface area contributed by atoms with E-state index < -0.39 is 0 Å². The highest BCUT2D eigenvalue weighted by molar-refractivity contribution is 9.12. The first-order valence-corrected chi connectivity index (χ1v) is 12.4. The average Bonchev–Trinajstić information content (AvgIpc) is 3.14. The number of esters is 1. The molecular formula is C19H26Br2O2S2. The molecule has 0 aromatic carbocycles. The average molecular weight is 510 g/mol. The third kappa shape index (κ3) is 6.96. The van der Waals surface area contributed by atoms with Crippen LogP contribution in [-0.4, -0.2) is 12.6 Å². The Morgan fingerprint density at radius 2 is 1.52 bits per heavy atom. The summed E-state index contributed by atoms with van der Waals surface area (Å²) in [6.45, 7) is 2.79. The molecule has 2 aromatic heterocycles. The Labute approximate surface area is 175 Å². The van der Waals surface area contributed by atoms with Crippen LogP contribution in [-0.2, 0) is 4.74 Å². The quantitative estimate of drug-likeness (QED) is 0.211. The number of rotatable bonds is 12. The summed E-state index contributed by atoms with van der Waals surface area (Å²) in [4.78, 5) is 12.8. The Kier molecular flexibility index (Phi) is 10.0. The predicted octanol–water partition coefficient (Wildman–Crippen LogP) is 8.57. The van der Waals surface area contributed by atoms with Crippen molar-refractivity contribution in [1.29, 1.82) is 0 Å². The molecule has 0 amide bonds. The molecule has 0 aliphatic rings. The predicted molar refractivity (Wildman–Crippen MR) is 117 cm³/mol. The SMILES string of the molecule is CCCCCCCCCCCCOC(=O)c1cc2c(Br)sc(Br)c2s1. The van der Waals surface area contributed by atoms with Gasteiger partial charge in [-0.05, 0) is 44.3 Å². The Balaban J connectivity index is 1.55. The van der Waals surface area contributed by atoms with Crippen LogP contribution in [0.3, 0.4) is 0 Å². The van der Waals surface area contributed by atoms with Crippen molar-refractivity contribution in [1.82, 2.24) is 0 Å². The minimum absolute atomic E-state index is 0.194. The van der Waals surface area contributed by atoms with Crippen molar-refractivity contribution >= 4 is 70.6 Å². The fourth-order valence-electron chi connectivity index (χ4n) is 2.79. The second-order valence-corrected chi connectivity index (χ2v) is 11.0. The third-order valence-corrected chi connectivity index (χ3v) is 8.34. The molecule has 0 saturated carbocycles. The maximum absolute atomic E-state index is 12.2. The summed E-state index contributed by atoms with van der Waals surface area (Å²) in [6.07, 6.45) is 12.9. The van der Waals surface area contributed by atoms with Crippen LogP contribution in [0.15, 0.2) is 13.6 Å². The van der Waals surface area contributed by atoms with E-state index in [4.69, 9.17) is 4.74 Å². The molecule has 0 unspecified atom stereocenters. The molecule has 140 valence electrons. The number of carbonyl (C=O) groups excluding carboxylic acids is 1. The highest BCUT2D eigenvalue weighted by Gasteiger charge is 2.17. The van der Waals surface area contributed by atoms with Crippen LogP contribution in [0.4, 0.5) is 0 Å². The number of thiophene rings is 2. The first-order chi connectivity index (χ1) is 12.1. The topological polar surface area (TPSA) is 26.3 Å². The molecule has 0 N–H and O–H groups in total. The fourth-order valence-corrected chi connectivity index (χ4v) is 7.15. The smallest absolute Gasteiger partial charge is 0.348 e. The van der Waals surface area contributed by atoms with Crippen molar-refractivity contribution in [2.75, 3.05) is 6.61 Å². The lowest BCUT2D eigenvalue weighted by molar-refractivity contribution is 0.0503. The number of ether oxygens (including phenoxy) is 1. The molecule has 0 bridgehead atoms. The van der Waals surface area contributed by atoms with E-state index >= 15 is 0 Å². The van der Waals surface area contributed by atoms with Crippen molar-refractivity contribution < 1.29 is 9.53 Å². The van der Waals surface area contributed by atoms with Gasteiger partial charge in [0.1, 0.15) is 4.88 Å². The summed E-state index contributed by atoms with van der Waals surface area (Å²) < 4.78 is 8.65. The zero-order valence-corrected chi connectivity index (χ0v) is 19.5. The third-order valence-electron chi connectivity index (χ3n) is 4.23. The van der Waals surface area contributed by atoms with Gasteiger partial charge in [-0.2, -0.15) is 0 Å². The van der Waals surface area contributed by atoms with E-state index in [0.29, 0.717) is 11.5 Å². The second kappa shape index (κ2) is 11.7. The fraction of sp³-hybridized carbons (Fsp3) is 0.632. The van der Waals surface area contributed by atoms with Crippen molar-refractivity contribution in [2.45, 2.75) is 71.1 Å². The molecule has 0 aliphatic carbocycles. The summed E-state index contributed by atoms with van der Waals surface area (Å²) in [6, 6.07) is 1.92. The van der Waals surface area contributed by atoms with E-state index in [1.165, 1.54) is 62.7 Å². The Morgan fingerprint density at radius 1 is 0.920 bits per heavy atom. The maximum atomic E-state index is 12.2. The lowest BCUT2D eigenvalue weighted by Crippen LogP contribution is -2.04. The van der Waals surface area contributed by atoms with E-state index in [2.05, 4.69) is 38.8 Å². The minimum atomic E-state index is -0.194. The van der Waals surface area contributed by atoms with Gasteiger partial charge in [0, 0.05) is 5.39 Å². The van der Waals surface area contributed by atoms with Crippen molar-refractivity contribution in [3.8, 4) is 0 Å². The van der Waals surface area contributed by atoms with Gasteiger partial charge in [0.2, 0.25) is 0 Å². The number of hydrogen-bond acceptors (Lipinski definition) is 4. The number of halogens is 2. The van der Waals surface area contributed by atoms with E-state index in [-0.39, 0.29) is 5.97 Å². The van der Waals surface area contributed by atoms with E-state index in [1.54, 1.807) is 11.3 Å². The number of unbranched alkanes of at least 4 members (excludes halogenated alkanes) is 9. The summed E-state index contributed by atoms with van der Waals surface area (Å²) in [7, 11) is 0. The molecule has 2 aromatic rings. The van der Waals surface area contributed by atoms with Gasteiger partial charge in [0.25, 0.3) is 0 Å². The van der Waals surface area contributed by atoms with Crippen LogP contribution in [0.5, 0.6) is 0 Å². The molecule has 0 saturated heterocycles. The Hall–Kier alpha value is 0.0900. The largest absolute Gasteiger partial charge is 0.462 e. The molecule has 0 radical (unpaired) electrons. The molecule has 6 heteroatoms. The molecule has 0 spiro atoms. The highest BCUT2D eigenvalue weighted by Crippen LogP contribution is 2.43. The number of carbonyl (C=O) groups is 1. The normalized spacial score (nSPS) is 11.3. The summed E-state index contributed by atoms with van der Waals surface area (Å²) >= 11 is 10.2. The van der Waals surface area contributed by atoms with Gasteiger partial charge in [-0.1, -0.05) is 64.7 Å². The lowest BCUT2D eigenvalue weighted by atomic mass is 10.1. The molecule has 2 rings (SSSR count). The first kappa shape index (κ1) is 21.4. The molecule has 2 heterocycles. The number of hydrogen-bond donors (Lipinski definition) is 0. The van der Waals surface area contributed by atoms with Gasteiger partial charge in [-0.15, -0.1) is 22.7 Å².